The van der Waals surface area contributed by atoms with Crippen molar-refractivity contribution in [1.29, 1.82) is 0 Å². The van der Waals surface area contributed by atoms with E-state index in [1.807, 2.05) is 47.3 Å². The number of aromatic nitrogens is 3. The van der Waals surface area contributed by atoms with Crippen LogP contribution in [-0.4, -0.2) is 38.9 Å². The Hall–Kier alpha value is -2.99. The number of fused-ring (bicyclic) bond motifs is 1. The summed E-state index contributed by atoms with van der Waals surface area (Å²) in [7, 11) is 0. The first-order valence-electron chi connectivity index (χ1n) is 9.87. The van der Waals surface area contributed by atoms with Crippen LogP contribution in [0.5, 0.6) is 0 Å². The third-order valence-corrected chi connectivity index (χ3v) is 5.80. The lowest BCUT2D eigenvalue weighted by Crippen LogP contribution is -2.32. The van der Waals surface area contributed by atoms with E-state index in [-0.39, 0.29) is 5.91 Å². The van der Waals surface area contributed by atoms with Crippen LogP contribution >= 0.6 is 0 Å². The predicted octanol–water partition coefficient (Wildman–Crippen LogP) is 3.14. The van der Waals surface area contributed by atoms with Crippen molar-refractivity contribution in [3.63, 3.8) is 0 Å². The number of hydrogen-bond donors (Lipinski definition) is 1. The predicted molar refractivity (Wildman–Crippen MR) is 107 cm³/mol. The summed E-state index contributed by atoms with van der Waals surface area (Å²) in [6, 6.07) is 16.3. The molecule has 1 saturated heterocycles. The Labute approximate surface area is 164 Å². The van der Waals surface area contributed by atoms with Crippen molar-refractivity contribution in [2.24, 2.45) is 0 Å². The second kappa shape index (κ2) is 7.20. The molecule has 6 nitrogen and oxygen atoms in total. The van der Waals surface area contributed by atoms with E-state index < -0.39 is 0 Å². The molecule has 0 atom stereocenters. The van der Waals surface area contributed by atoms with Crippen LogP contribution in [0, 0.1) is 0 Å². The third kappa shape index (κ3) is 3.31. The summed E-state index contributed by atoms with van der Waals surface area (Å²) < 4.78 is 1.83. The van der Waals surface area contributed by atoms with E-state index >= 15 is 0 Å². The van der Waals surface area contributed by atoms with E-state index in [0.717, 1.165) is 49.5 Å². The van der Waals surface area contributed by atoms with E-state index in [9.17, 15) is 4.79 Å². The molecule has 1 N–H and O–H groups in total. The van der Waals surface area contributed by atoms with Gasteiger partial charge in [0.2, 0.25) is 5.91 Å². The molecule has 1 fully saturated rings. The molecule has 0 spiro atoms. The Kier molecular flexibility index (Phi) is 4.41. The number of carbonyl (C=O) groups excluding carboxylic acids is 1. The van der Waals surface area contributed by atoms with Crippen LogP contribution in [0.4, 0.5) is 5.69 Å². The lowest BCUT2D eigenvalue weighted by molar-refractivity contribution is -0.115. The van der Waals surface area contributed by atoms with Crippen LogP contribution in [0.3, 0.4) is 0 Å². The molecule has 1 aromatic heterocycles. The number of piperidine rings is 1. The minimum atomic E-state index is 0.112. The van der Waals surface area contributed by atoms with Gasteiger partial charge in [0.15, 0.2) is 0 Å². The first-order valence-corrected chi connectivity index (χ1v) is 9.87. The molecular formula is C22H23N5O. The van der Waals surface area contributed by atoms with Crippen molar-refractivity contribution in [2.45, 2.75) is 31.7 Å². The van der Waals surface area contributed by atoms with Crippen molar-refractivity contribution in [3.05, 3.63) is 71.5 Å². The molecular weight excluding hydrogens is 350 g/mol. The van der Waals surface area contributed by atoms with Crippen LogP contribution in [0.15, 0.2) is 54.7 Å². The van der Waals surface area contributed by atoms with Crippen molar-refractivity contribution >= 4 is 11.6 Å². The Morgan fingerprint density at radius 1 is 1.04 bits per heavy atom. The molecule has 1 amide bonds. The first kappa shape index (κ1) is 17.1. The summed E-state index contributed by atoms with van der Waals surface area (Å²) in [4.78, 5) is 14.2. The van der Waals surface area contributed by atoms with Gasteiger partial charge in [0.1, 0.15) is 0 Å². The third-order valence-electron chi connectivity index (χ3n) is 5.80. The Morgan fingerprint density at radius 3 is 2.68 bits per heavy atom. The van der Waals surface area contributed by atoms with E-state index in [1.165, 1.54) is 11.1 Å². The summed E-state index contributed by atoms with van der Waals surface area (Å²) >= 11 is 0. The lowest BCUT2D eigenvalue weighted by Gasteiger charge is -2.32. The highest BCUT2D eigenvalue weighted by Crippen LogP contribution is 2.36. The lowest BCUT2D eigenvalue weighted by atomic mass is 9.85. The van der Waals surface area contributed by atoms with Gasteiger partial charge in [-0.3, -0.25) is 9.69 Å². The molecule has 142 valence electrons. The van der Waals surface area contributed by atoms with Gasteiger partial charge in [0.05, 0.1) is 24.0 Å². The van der Waals surface area contributed by atoms with Crippen LogP contribution < -0.4 is 5.32 Å². The SMILES string of the molecule is O=C1Cc2c(cccc2C2CCN(Cc3cn(-c4ccccc4)nn3)CC2)N1. The first-order chi connectivity index (χ1) is 13.8. The maximum Gasteiger partial charge on any atom is 0.228 e. The van der Waals surface area contributed by atoms with Gasteiger partial charge in [-0.2, -0.15) is 0 Å². The molecule has 0 aliphatic carbocycles. The molecule has 2 aliphatic rings. The minimum absolute atomic E-state index is 0.112. The number of nitrogens with one attached hydrogen (secondary N) is 1. The van der Waals surface area contributed by atoms with Crippen molar-refractivity contribution in [3.8, 4) is 5.69 Å². The summed E-state index contributed by atoms with van der Waals surface area (Å²) in [5, 5.41) is 11.6. The van der Waals surface area contributed by atoms with Gasteiger partial charge >= 0.3 is 0 Å². The molecule has 5 rings (SSSR count). The summed E-state index contributed by atoms with van der Waals surface area (Å²) in [6.45, 7) is 2.90. The van der Waals surface area contributed by atoms with E-state index in [2.05, 4.69) is 32.7 Å². The number of likely N-dealkylation sites (tertiary alicyclic amines) is 1. The fourth-order valence-corrected chi connectivity index (χ4v) is 4.37. The number of rotatable bonds is 4. The molecule has 0 saturated carbocycles. The average molecular weight is 373 g/mol. The number of hydrogen-bond acceptors (Lipinski definition) is 4. The maximum absolute atomic E-state index is 11.8. The molecule has 0 radical (unpaired) electrons. The molecule has 2 aromatic carbocycles. The van der Waals surface area contributed by atoms with Gasteiger partial charge in [-0.15, -0.1) is 5.10 Å². The van der Waals surface area contributed by atoms with E-state index in [1.54, 1.807) is 0 Å². The fourth-order valence-electron chi connectivity index (χ4n) is 4.37. The molecule has 28 heavy (non-hydrogen) atoms. The average Bonchev–Trinajstić information content (AvgIpc) is 3.35. The summed E-state index contributed by atoms with van der Waals surface area (Å²) in [5.74, 6) is 0.639. The van der Waals surface area contributed by atoms with Gasteiger partial charge in [-0.05, 0) is 61.2 Å². The number of nitrogens with zero attached hydrogens (tertiary/aromatic N) is 4. The number of carbonyl (C=O) groups is 1. The maximum atomic E-state index is 11.8. The number of anilines is 1. The highest BCUT2D eigenvalue weighted by molar-refractivity contribution is 5.99. The Morgan fingerprint density at radius 2 is 1.86 bits per heavy atom. The Balaban J connectivity index is 1.22. The van der Waals surface area contributed by atoms with Crippen molar-refractivity contribution in [2.75, 3.05) is 18.4 Å². The van der Waals surface area contributed by atoms with Crippen LogP contribution in [0.25, 0.3) is 5.69 Å². The minimum Gasteiger partial charge on any atom is -0.326 e. The van der Waals surface area contributed by atoms with E-state index in [4.69, 9.17) is 0 Å². The van der Waals surface area contributed by atoms with Gasteiger partial charge in [0, 0.05) is 12.2 Å². The van der Waals surface area contributed by atoms with Crippen LogP contribution in [0.1, 0.15) is 35.6 Å². The highest BCUT2D eigenvalue weighted by Gasteiger charge is 2.27. The second-order valence-corrected chi connectivity index (χ2v) is 7.64. The molecule has 3 aromatic rings. The standard InChI is InChI=1S/C22H23N5O/c28-22-13-20-19(7-4-8-21(20)23-22)16-9-11-26(12-10-16)14-17-15-27(25-24-17)18-5-2-1-3-6-18/h1-8,15-16H,9-14H2,(H,23,28). The number of benzene rings is 2. The van der Waals surface area contributed by atoms with Gasteiger partial charge in [-0.25, -0.2) is 4.68 Å². The van der Waals surface area contributed by atoms with Gasteiger partial charge < -0.3 is 5.32 Å². The topological polar surface area (TPSA) is 63.1 Å². The summed E-state index contributed by atoms with van der Waals surface area (Å²) in [6.07, 6.45) is 4.76. The van der Waals surface area contributed by atoms with Gasteiger partial charge in [0.25, 0.3) is 0 Å². The number of amides is 1. The van der Waals surface area contributed by atoms with E-state index in [0.29, 0.717) is 12.3 Å². The summed E-state index contributed by atoms with van der Waals surface area (Å²) in [5.41, 5.74) is 5.59. The number of para-hydroxylation sites is 1. The zero-order valence-corrected chi connectivity index (χ0v) is 15.7. The quantitative estimate of drug-likeness (QED) is 0.763. The van der Waals surface area contributed by atoms with Gasteiger partial charge in [-0.1, -0.05) is 35.5 Å². The van der Waals surface area contributed by atoms with Crippen LogP contribution in [-0.2, 0) is 17.8 Å². The largest absolute Gasteiger partial charge is 0.326 e. The van der Waals surface area contributed by atoms with Crippen LogP contribution in [0.2, 0.25) is 0 Å². The normalized spacial score (nSPS) is 17.5. The molecule has 0 unspecified atom stereocenters. The zero-order valence-electron chi connectivity index (χ0n) is 15.7. The smallest absolute Gasteiger partial charge is 0.228 e. The monoisotopic (exact) mass is 373 g/mol. The van der Waals surface area contributed by atoms with Crippen molar-refractivity contribution in [1.82, 2.24) is 19.9 Å². The molecule has 3 heterocycles. The molecule has 0 bridgehead atoms. The molecule has 2 aliphatic heterocycles. The van der Waals surface area contributed by atoms with Crippen molar-refractivity contribution < 1.29 is 4.79 Å². The Bertz CT molecular complexity index is 989. The fraction of sp³-hybridized carbons (Fsp3) is 0.318. The zero-order chi connectivity index (χ0) is 18.9. The molecule has 6 heteroatoms. The second-order valence-electron chi connectivity index (χ2n) is 7.64. The highest BCUT2D eigenvalue weighted by atomic mass is 16.1.